The molecule has 4 heteroatoms. The highest BCUT2D eigenvalue weighted by atomic mass is 79.9. The van der Waals surface area contributed by atoms with Gasteiger partial charge >= 0.3 is 0 Å². The highest BCUT2D eigenvalue weighted by molar-refractivity contribution is 9.10. The molecule has 16 heavy (non-hydrogen) atoms. The zero-order valence-electron chi connectivity index (χ0n) is 9.80. The molecular weight excluding hydrogens is 289 g/mol. The van der Waals surface area contributed by atoms with Crippen molar-refractivity contribution in [1.29, 1.82) is 0 Å². The topological polar surface area (TPSA) is 32.3 Å². The fraction of sp³-hybridized carbons (Fsp3) is 0.500. The molecule has 0 radical (unpaired) electrons. The van der Waals surface area contributed by atoms with E-state index in [0.717, 1.165) is 10.0 Å². The van der Waals surface area contributed by atoms with Crippen molar-refractivity contribution >= 4 is 15.9 Å². The Morgan fingerprint density at radius 3 is 2.25 bits per heavy atom. The molecule has 0 aliphatic carbocycles. The van der Waals surface area contributed by atoms with Crippen LogP contribution in [0, 0.1) is 0 Å². The van der Waals surface area contributed by atoms with Gasteiger partial charge in [0.05, 0.1) is 5.60 Å². The largest absolute Gasteiger partial charge is 1.00 e. The van der Waals surface area contributed by atoms with Crippen molar-refractivity contribution in [3.8, 4) is 0 Å². The Kier molecular flexibility index (Phi) is 6.56. The smallest absolute Gasteiger partial charge is 0.0992 e. The van der Waals surface area contributed by atoms with Crippen LogP contribution in [0.2, 0.25) is 0 Å². The lowest BCUT2D eigenvalue weighted by molar-refractivity contribution is -0.0000101. The van der Waals surface area contributed by atoms with Gasteiger partial charge in [0, 0.05) is 17.1 Å². The molecule has 1 aromatic rings. The van der Waals surface area contributed by atoms with E-state index in [4.69, 9.17) is 0 Å². The molecule has 1 unspecified atom stereocenters. The Hall–Kier alpha value is -0.0900. The van der Waals surface area contributed by atoms with Crippen LogP contribution in [0.5, 0.6) is 0 Å². The first kappa shape index (κ1) is 15.9. The minimum absolute atomic E-state index is 0. The summed E-state index contributed by atoms with van der Waals surface area (Å²) >= 11 is 3.38. The third-order valence-corrected chi connectivity index (χ3v) is 2.85. The second-order valence-electron chi connectivity index (χ2n) is 4.32. The van der Waals surface area contributed by atoms with Gasteiger partial charge in [0.15, 0.2) is 0 Å². The van der Waals surface area contributed by atoms with Gasteiger partial charge in [-0.05, 0) is 24.6 Å². The lowest BCUT2D eigenvalue weighted by Gasteiger charge is -2.25. The van der Waals surface area contributed by atoms with E-state index < -0.39 is 5.60 Å². The van der Waals surface area contributed by atoms with E-state index in [-0.39, 0.29) is 12.4 Å². The molecule has 2 nitrogen and oxygen atoms in total. The monoisotopic (exact) mass is 306 g/mol. The minimum Gasteiger partial charge on any atom is -1.00 e. The van der Waals surface area contributed by atoms with Crippen molar-refractivity contribution in [2.45, 2.75) is 32.4 Å². The third-order valence-electron chi connectivity index (χ3n) is 2.32. The van der Waals surface area contributed by atoms with Crippen molar-refractivity contribution < 1.29 is 17.5 Å². The van der Waals surface area contributed by atoms with Gasteiger partial charge in [-0.25, -0.2) is 0 Å². The van der Waals surface area contributed by atoms with Crippen molar-refractivity contribution in [2.24, 2.45) is 0 Å². The van der Waals surface area contributed by atoms with Crippen LogP contribution >= 0.6 is 15.9 Å². The van der Waals surface area contributed by atoms with Gasteiger partial charge in [-0.2, -0.15) is 0 Å². The second kappa shape index (κ2) is 6.60. The number of hydrogen-bond donors (Lipinski definition) is 2. The second-order valence-corrected chi connectivity index (χ2v) is 5.23. The molecule has 2 N–H and O–H groups in total. The summed E-state index contributed by atoms with van der Waals surface area (Å²) in [5.74, 6) is 0. The number of benzene rings is 1. The van der Waals surface area contributed by atoms with Gasteiger partial charge in [0.25, 0.3) is 0 Å². The Balaban J connectivity index is 0.00000225. The van der Waals surface area contributed by atoms with E-state index in [0.29, 0.717) is 12.6 Å². The summed E-state index contributed by atoms with van der Waals surface area (Å²) in [4.78, 5) is 0. The van der Waals surface area contributed by atoms with Gasteiger partial charge in [-0.1, -0.05) is 41.9 Å². The number of hydrogen-bond acceptors (Lipinski definition) is 2. The quantitative estimate of drug-likeness (QED) is 0.798. The van der Waals surface area contributed by atoms with Gasteiger partial charge in [-0.3, -0.25) is 0 Å². The highest BCUT2D eigenvalue weighted by Gasteiger charge is 2.22. The first-order valence-corrected chi connectivity index (χ1v) is 5.93. The molecule has 1 rings (SSSR count). The molecule has 0 bridgehead atoms. The molecule has 0 saturated carbocycles. The number of nitrogens with one attached hydrogen (secondary N) is 1. The summed E-state index contributed by atoms with van der Waals surface area (Å²) in [6, 6.07) is 8.14. The van der Waals surface area contributed by atoms with Crippen LogP contribution in [0.25, 0.3) is 0 Å². The summed E-state index contributed by atoms with van der Waals surface area (Å²) in [6.45, 7) is 6.52. The zero-order valence-corrected chi connectivity index (χ0v) is 12.1. The summed E-state index contributed by atoms with van der Waals surface area (Å²) in [5.41, 5.74) is 0.115. The first-order valence-electron chi connectivity index (χ1n) is 5.13. The van der Waals surface area contributed by atoms with Crippen molar-refractivity contribution in [3.05, 3.63) is 34.3 Å². The zero-order chi connectivity index (χ0) is 11.5. The average molecular weight is 308 g/mol. The molecule has 0 aliphatic rings. The molecule has 0 saturated heterocycles. The molecule has 0 spiro atoms. The molecule has 1 aromatic carbocycles. The average Bonchev–Trinajstić information content (AvgIpc) is 2.16. The highest BCUT2D eigenvalue weighted by Crippen LogP contribution is 2.21. The van der Waals surface area contributed by atoms with Gasteiger partial charge in [0.1, 0.15) is 0 Å². The van der Waals surface area contributed by atoms with Crippen LogP contribution < -0.4 is 17.7 Å². The number of rotatable bonds is 4. The van der Waals surface area contributed by atoms with E-state index in [1.54, 1.807) is 0 Å². The summed E-state index contributed by atoms with van der Waals surface area (Å²) in [7, 11) is 0. The van der Waals surface area contributed by atoms with Gasteiger partial charge in [-0.15, -0.1) is 0 Å². The molecule has 0 amide bonds. The predicted octanol–water partition coefficient (Wildman–Crippen LogP) is -0.341. The predicted molar refractivity (Wildman–Crippen MR) is 66.9 cm³/mol. The molecule has 0 aliphatic heterocycles. The van der Waals surface area contributed by atoms with Crippen LogP contribution in [0.15, 0.2) is 28.7 Å². The van der Waals surface area contributed by atoms with Crippen molar-refractivity contribution in [3.63, 3.8) is 0 Å². The van der Waals surface area contributed by atoms with Gasteiger partial charge in [0.2, 0.25) is 0 Å². The lowest BCUT2D eigenvalue weighted by atomic mass is 9.96. The Bertz CT molecular complexity index is 311. The van der Waals surface area contributed by atoms with E-state index in [2.05, 4.69) is 35.1 Å². The van der Waals surface area contributed by atoms with Crippen LogP contribution in [-0.4, -0.2) is 17.7 Å². The maximum atomic E-state index is 10.2. The van der Waals surface area contributed by atoms with Crippen LogP contribution in [0.3, 0.4) is 0 Å². The fourth-order valence-electron chi connectivity index (χ4n) is 1.31. The lowest BCUT2D eigenvalue weighted by Crippen LogP contribution is -3.00. The van der Waals surface area contributed by atoms with E-state index >= 15 is 0 Å². The standard InChI is InChI=1S/C12H18BrNO.ClH/c1-9(2)14-8-12(3,15)10-4-6-11(13)7-5-10;/h4-7,9,14-15H,8H2,1-3H3;1H/p-1. The summed E-state index contributed by atoms with van der Waals surface area (Å²) in [6.07, 6.45) is 0. The Labute approximate surface area is 112 Å². The molecule has 1 atom stereocenters. The molecule has 92 valence electrons. The van der Waals surface area contributed by atoms with Crippen molar-refractivity contribution in [2.75, 3.05) is 6.54 Å². The van der Waals surface area contributed by atoms with Crippen LogP contribution in [0.1, 0.15) is 26.3 Å². The van der Waals surface area contributed by atoms with E-state index in [9.17, 15) is 5.11 Å². The van der Waals surface area contributed by atoms with Crippen LogP contribution in [0.4, 0.5) is 0 Å². The number of aliphatic hydroxyl groups is 1. The normalized spacial score (nSPS) is 14.4. The Morgan fingerprint density at radius 2 is 1.81 bits per heavy atom. The summed E-state index contributed by atoms with van der Waals surface area (Å²) < 4.78 is 1.03. The van der Waals surface area contributed by atoms with Gasteiger partial charge < -0.3 is 22.8 Å². The Morgan fingerprint density at radius 1 is 1.31 bits per heavy atom. The maximum absolute atomic E-state index is 10.2. The maximum Gasteiger partial charge on any atom is 0.0992 e. The minimum atomic E-state index is -0.815. The number of halogens is 2. The van der Waals surface area contributed by atoms with E-state index in [1.807, 2.05) is 31.2 Å². The first-order chi connectivity index (χ1) is 6.92. The molecule has 0 aromatic heterocycles. The molecular formula is C12H18BrClNO-. The SMILES string of the molecule is CC(C)NCC(C)(O)c1ccc(Br)cc1.[Cl-]. The van der Waals surface area contributed by atoms with Crippen molar-refractivity contribution in [1.82, 2.24) is 5.32 Å². The summed E-state index contributed by atoms with van der Waals surface area (Å²) in [5, 5.41) is 13.5. The van der Waals surface area contributed by atoms with Crippen LogP contribution in [-0.2, 0) is 5.60 Å². The molecule has 0 heterocycles. The third kappa shape index (κ3) is 4.83. The molecule has 0 fully saturated rings. The fourth-order valence-corrected chi connectivity index (χ4v) is 1.58. The van der Waals surface area contributed by atoms with E-state index in [1.165, 1.54) is 0 Å².